The summed E-state index contributed by atoms with van der Waals surface area (Å²) in [6.07, 6.45) is 1.37. The average molecular weight is 226 g/mol. The quantitative estimate of drug-likeness (QED) is 0.697. The van der Waals surface area contributed by atoms with Crippen LogP contribution in [0, 0.1) is 0 Å². The van der Waals surface area contributed by atoms with Crippen molar-refractivity contribution >= 4 is 11.7 Å². The van der Waals surface area contributed by atoms with E-state index in [9.17, 15) is 4.79 Å². The van der Waals surface area contributed by atoms with E-state index in [1.165, 1.54) is 12.3 Å². The molecule has 0 atom stereocenters. The molecule has 6 heteroatoms. The minimum absolute atomic E-state index is 0.0589. The molecular weight excluding hydrogens is 212 g/mol. The van der Waals surface area contributed by atoms with E-state index in [4.69, 9.17) is 20.3 Å². The molecule has 1 aromatic rings. The monoisotopic (exact) mass is 226 g/mol. The summed E-state index contributed by atoms with van der Waals surface area (Å²) < 4.78 is 9.92. The van der Waals surface area contributed by atoms with Gasteiger partial charge in [0.1, 0.15) is 12.2 Å². The zero-order chi connectivity index (χ0) is 12.0. The van der Waals surface area contributed by atoms with Crippen molar-refractivity contribution in [1.82, 2.24) is 4.98 Å². The van der Waals surface area contributed by atoms with Crippen molar-refractivity contribution in [2.75, 3.05) is 25.6 Å². The second-order valence-corrected chi connectivity index (χ2v) is 2.91. The summed E-state index contributed by atoms with van der Waals surface area (Å²) in [5.41, 5.74) is 6.02. The predicted octanol–water partition coefficient (Wildman–Crippen LogP) is 0.212. The Labute approximate surface area is 93.0 Å². The lowest BCUT2D eigenvalue weighted by molar-refractivity contribution is 0.0519. The van der Waals surface area contributed by atoms with Gasteiger partial charge in [-0.05, 0) is 13.0 Å². The molecule has 0 spiro atoms. The lowest BCUT2D eigenvalue weighted by Crippen LogP contribution is -2.11. The van der Waals surface area contributed by atoms with Gasteiger partial charge in [-0.15, -0.1) is 0 Å². The number of nitrogens with zero attached hydrogens (tertiary/aromatic N) is 1. The van der Waals surface area contributed by atoms with E-state index in [0.717, 1.165) is 0 Å². The van der Waals surface area contributed by atoms with Crippen LogP contribution < -0.4 is 10.5 Å². The van der Waals surface area contributed by atoms with Gasteiger partial charge in [0, 0.05) is 0 Å². The average Bonchev–Trinajstić information content (AvgIpc) is 2.27. The maximum absolute atomic E-state index is 11.5. The molecule has 6 nitrogen and oxygen atoms in total. The minimum Gasteiger partial charge on any atom is -0.475 e. The molecule has 16 heavy (non-hydrogen) atoms. The lowest BCUT2D eigenvalue weighted by atomic mass is 10.2. The summed E-state index contributed by atoms with van der Waals surface area (Å²) in [6.45, 7) is 1.86. The second-order valence-electron chi connectivity index (χ2n) is 2.91. The summed E-state index contributed by atoms with van der Waals surface area (Å²) in [5.74, 6) is -0.433. The summed E-state index contributed by atoms with van der Waals surface area (Å²) in [4.78, 5) is 15.4. The molecule has 0 aliphatic carbocycles. The Bertz CT molecular complexity index is 368. The van der Waals surface area contributed by atoms with Crippen LogP contribution in [0.15, 0.2) is 12.3 Å². The number of carbonyl (C=O) groups excluding carboxylic acids is 1. The number of aliphatic hydroxyl groups is 1. The van der Waals surface area contributed by atoms with Crippen LogP contribution in [0.25, 0.3) is 0 Å². The van der Waals surface area contributed by atoms with Crippen molar-refractivity contribution in [3.8, 4) is 5.88 Å². The van der Waals surface area contributed by atoms with Gasteiger partial charge in [0.25, 0.3) is 0 Å². The second kappa shape index (κ2) is 5.92. The molecule has 0 aliphatic heterocycles. The number of aromatic nitrogens is 1. The number of ether oxygens (including phenoxy) is 2. The van der Waals surface area contributed by atoms with Crippen LogP contribution in [0.1, 0.15) is 17.3 Å². The predicted molar refractivity (Wildman–Crippen MR) is 57.2 cm³/mol. The number of esters is 1. The Kier molecular flexibility index (Phi) is 4.53. The van der Waals surface area contributed by atoms with E-state index in [1.807, 2.05) is 0 Å². The molecule has 0 bridgehead atoms. The van der Waals surface area contributed by atoms with Crippen LogP contribution in [-0.4, -0.2) is 35.9 Å². The number of hydrogen-bond donors (Lipinski definition) is 2. The van der Waals surface area contributed by atoms with Gasteiger partial charge in [0.05, 0.1) is 25.1 Å². The van der Waals surface area contributed by atoms with Crippen molar-refractivity contribution in [2.45, 2.75) is 6.92 Å². The Morgan fingerprint density at radius 3 is 3.00 bits per heavy atom. The Balaban J connectivity index is 2.93. The fraction of sp³-hybridized carbons (Fsp3) is 0.400. The van der Waals surface area contributed by atoms with Crippen LogP contribution in [0.5, 0.6) is 5.88 Å². The largest absolute Gasteiger partial charge is 0.475 e. The number of pyridine rings is 1. The summed E-state index contributed by atoms with van der Waals surface area (Å²) in [6, 6.07) is 1.43. The SMILES string of the molecule is CCOC(=O)c1cc(N)cnc1OCCO. The summed E-state index contributed by atoms with van der Waals surface area (Å²) in [5, 5.41) is 8.62. The highest BCUT2D eigenvalue weighted by molar-refractivity contribution is 5.92. The molecule has 0 saturated carbocycles. The first-order valence-electron chi connectivity index (χ1n) is 4.85. The van der Waals surface area contributed by atoms with E-state index >= 15 is 0 Å². The summed E-state index contributed by atoms with van der Waals surface area (Å²) in [7, 11) is 0. The fourth-order valence-corrected chi connectivity index (χ4v) is 1.08. The van der Waals surface area contributed by atoms with E-state index in [1.54, 1.807) is 6.92 Å². The first-order chi connectivity index (χ1) is 7.69. The standard InChI is InChI=1S/C10H14N2O4/c1-2-15-10(14)8-5-7(11)6-12-9(8)16-4-3-13/h5-6,13H,2-4,11H2,1H3. The van der Waals surface area contributed by atoms with E-state index < -0.39 is 5.97 Å². The van der Waals surface area contributed by atoms with Gasteiger partial charge < -0.3 is 20.3 Å². The molecule has 0 fully saturated rings. The lowest BCUT2D eigenvalue weighted by Gasteiger charge is -2.09. The van der Waals surface area contributed by atoms with Crippen LogP contribution in [0.2, 0.25) is 0 Å². The van der Waals surface area contributed by atoms with Gasteiger partial charge in [-0.2, -0.15) is 0 Å². The molecule has 0 unspecified atom stereocenters. The van der Waals surface area contributed by atoms with Crippen LogP contribution in [-0.2, 0) is 4.74 Å². The zero-order valence-corrected chi connectivity index (χ0v) is 8.97. The van der Waals surface area contributed by atoms with Gasteiger partial charge in [0.15, 0.2) is 0 Å². The molecule has 0 saturated heterocycles. The van der Waals surface area contributed by atoms with Gasteiger partial charge in [-0.25, -0.2) is 9.78 Å². The number of nitrogens with two attached hydrogens (primary N) is 1. The van der Waals surface area contributed by atoms with Crippen molar-refractivity contribution in [3.63, 3.8) is 0 Å². The highest BCUT2D eigenvalue weighted by Gasteiger charge is 2.15. The highest BCUT2D eigenvalue weighted by Crippen LogP contribution is 2.18. The summed E-state index contributed by atoms with van der Waals surface area (Å²) >= 11 is 0. The molecule has 0 aromatic carbocycles. The Hall–Kier alpha value is -1.82. The molecule has 0 radical (unpaired) electrons. The molecule has 0 aliphatic rings. The molecule has 0 amide bonds. The minimum atomic E-state index is -0.546. The number of rotatable bonds is 5. The Morgan fingerprint density at radius 1 is 1.62 bits per heavy atom. The smallest absolute Gasteiger partial charge is 0.343 e. The maximum atomic E-state index is 11.5. The first-order valence-corrected chi connectivity index (χ1v) is 4.85. The molecule has 1 rings (SSSR count). The van der Waals surface area contributed by atoms with Gasteiger partial charge in [0.2, 0.25) is 5.88 Å². The third-order valence-electron chi connectivity index (χ3n) is 1.70. The van der Waals surface area contributed by atoms with Crippen LogP contribution >= 0.6 is 0 Å². The van der Waals surface area contributed by atoms with Crippen LogP contribution in [0.3, 0.4) is 0 Å². The van der Waals surface area contributed by atoms with E-state index in [2.05, 4.69) is 4.98 Å². The number of anilines is 1. The normalized spacial score (nSPS) is 9.88. The van der Waals surface area contributed by atoms with E-state index in [0.29, 0.717) is 5.69 Å². The molecule has 88 valence electrons. The van der Waals surface area contributed by atoms with Gasteiger partial charge in [-0.1, -0.05) is 0 Å². The van der Waals surface area contributed by atoms with Crippen molar-refractivity contribution in [3.05, 3.63) is 17.8 Å². The third-order valence-corrected chi connectivity index (χ3v) is 1.70. The molecule has 1 aromatic heterocycles. The molecule has 1 heterocycles. The molecular formula is C10H14N2O4. The van der Waals surface area contributed by atoms with Crippen molar-refractivity contribution in [1.29, 1.82) is 0 Å². The number of aliphatic hydroxyl groups excluding tert-OH is 1. The number of carbonyl (C=O) groups is 1. The molecule has 3 N–H and O–H groups in total. The Morgan fingerprint density at radius 2 is 2.38 bits per heavy atom. The highest BCUT2D eigenvalue weighted by atomic mass is 16.5. The first kappa shape index (κ1) is 12.3. The number of hydrogen-bond acceptors (Lipinski definition) is 6. The van der Waals surface area contributed by atoms with Crippen LogP contribution in [0.4, 0.5) is 5.69 Å². The topological polar surface area (TPSA) is 94.7 Å². The van der Waals surface area contributed by atoms with Crippen molar-refractivity contribution in [2.24, 2.45) is 0 Å². The maximum Gasteiger partial charge on any atom is 0.343 e. The third kappa shape index (κ3) is 3.09. The number of nitrogen functional groups attached to an aromatic ring is 1. The zero-order valence-electron chi connectivity index (χ0n) is 8.97. The van der Waals surface area contributed by atoms with Gasteiger partial charge in [-0.3, -0.25) is 0 Å². The van der Waals surface area contributed by atoms with E-state index in [-0.39, 0.29) is 31.3 Å². The van der Waals surface area contributed by atoms with Crippen molar-refractivity contribution < 1.29 is 19.4 Å². The van der Waals surface area contributed by atoms with Gasteiger partial charge >= 0.3 is 5.97 Å². The fourth-order valence-electron chi connectivity index (χ4n) is 1.08.